The summed E-state index contributed by atoms with van der Waals surface area (Å²) in [7, 11) is 0. The number of nitro groups is 1. The predicted molar refractivity (Wildman–Crippen MR) is 113 cm³/mol. The second kappa shape index (κ2) is 8.86. The molecule has 1 radical (unpaired) electrons. The summed E-state index contributed by atoms with van der Waals surface area (Å²) >= 11 is 0. The lowest BCUT2D eigenvalue weighted by Crippen LogP contribution is -2.45. The number of amides is 1. The molecular formula is C22H22N3O6. The van der Waals surface area contributed by atoms with Crippen molar-refractivity contribution < 1.29 is 24.0 Å². The number of para-hydroxylation sites is 1. The number of nitro benzene ring substituents is 1. The number of benzene rings is 2. The highest BCUT2D eigenvalue weighted by Crippen LogP contribution is 2.33. The van der Waals surface area contributed by atoms with Gasteiger partial charge >= 0.3 is 12.1 Å². The van der Waals surface area contributed by atoms with Gasteiger partial charge in [0, 0.05) is 30.3 Å². The third-order valence-corrected chi connectivity index (χ3v) is 4.27. The second-order valence-corrected chi connectivity index (χ2v) is 7.88. The van der Waals surface area contributed by atoms with E-state index in [0.717, 1.165) is 16.8 Å². The lowest BCUT2D eigenvalue weighted by molar-refractivity contribution is -0.384. The number of esters is 1. The summed E-state index contributed by atoms with van der Waals surface area (Å²) in [4.78, 5) is 35.4. The van der Waals surface area contributed by atoms with E-state index in [1.807, 2.05) is 24.3 Å². The predicted octanol–water partition coefficient (Wildman–Crippen LogP) is 4.07. The summed E-state index contributed by atoms with van der Waals surface area (Å²) in [6, 6.07) is 11.5. The maximum atomic E-state index is 12.8. The number of fused-ring (bicyclic) bond motifs is 1. The average Bonchev–Trinajstić information content (AvgIpc) is 3.09. The molecule has 0 fully saturated rings. The lowest BCUT2D eigenvalue weighted by Gasteiger charge is -2.23. The van der Waals surface area contributed by atoms with Crippen molar-refractivity contribution in [3.63, 3.8) is 0 Å². The number of ether oxygens (including phenoxy) is 2. The van der Waals surface area contributed by atoms with Crippen molar-refractivity contribution in [1.29, 1.82) is 0 Å². The van der Waals surface area contributed by atoms with Crippen LogP contribution in [0.5, 0.6) is 5.75 Å². The first-order chi connectivity index (χ1) is 14.6. The molecule has 1 amide bonds. The van der Waals surface area contributed by atoms with Gasteiger partial charge in [-0.15, -0.1) is 0 Å². The fraction of sp³-hybridized carbons (Fsp3) is 0.273. The normalized spacial score (nSPS) is 13.3. The molecular weight excluding hydrogens is 402 g/mol. The first-order valence-electron chi connectivity index (χ1n) is 9.57. The van der Waals surface area contributed by atoms with Crippen molar-refractivity contribution in [2.45, 2.75) is 38.8 Å². The Labute approximate surface area is 179 Å². The van der Waals surface area contributed by atoms with E-state index in [9.17, 15) is 19.7 Å². The van der Waals surface area contributed by atoms with E-state index in [1.54, 1.807) is 27.0 Å². The summed E-state index contributed by atoms with van der Waals surface area (Å²) in [5, 5.41) is 17.7. The molecule has 1 aliphatic rings. The molecule has 1 heterocycles. The van der Waals surface area contributed by atoms with Crippen molar-refractivity contribution in [2.75, 3.05) is 0 Å². The third kappa shape index (κ3) is 5.81. The molecule has 0 bridgehead atoms. The Bertz CT molecular complexity index is 1020. The topological polar surface area (TPSA) is 122 Å². The fourth-order valence-electron chi connectivity index (χ4n) is 2.92. The molecule has 2 aromatic rings. The first-order valence-corrected chi connectivity index (χ1v) is 9.57. The summed E-state index contributed by atoms with van der Waals surface area (Å²) in [5.41, 5.74) is 1.53. The number of carbonyl (C=O) groups excluding carboxylic acids is 2. The molecule has 3 rings (SSSR count). The van der Waals surface area contributed by atoms with E-state index < -0.39 is 28.6 Å². The number of nitrogens with one attached hydrogen (secondary N) is 1. The van der Waals surface area contributed by atoms with Crippen LogP contribution in [0.15, 0.2) is 54.7 Å². The van der Waals surface area contributed by atoms with Gasteiger partial charge < -0.3 is 14.8 Å². The van der Waals surface area contributed by atoms with Crippen LogP contribution in [0.2, 0.25) is 0 Å². The minimum atomic E-state index is -1.06. The van der Waals surface area contributed by atoms with Gasteiger partial charge in [-0.3, -0.25) is 15.4 Å². The molecule has 31 heavy (non-hydrogen) atoms. The van der Waals surface area contributed by atoms with Crippen LogP contribution in [0.25, 0.3) is 5.57 Å². The molecule has 0 spiro atoms. The van der Waals surface area contributed by atoms with Crippen molar-refractivity contribution >= 4 is 29.0 Å². The molecule has 0 aromatic heterocycles. The molecule has 9 nitrogen and oxygen atoms in total. The number of non-ortho nitro benzene ring substituents is 1. The molecule has 161 valence electrons. The zero-order valence-electron chi connectivity index (χ0n) is 17.3. The van der Waals surface area contributed by atoms with Crippen LogP contribution < -0.4 is 15.4 Å². The van der Waals surface area contributed by atoms with Crippen LogP contribution in [0.1, 0.15) is 32.8 Å². The molecule has 0 aliphatic carbocycles. The van der Waals surface area contributed by atoms with Crippen LogP contribution in [0, 0.1) is 10.1 Å². The van der Waals surface area contributed by atoms with Crippen molar-refractivity contribution in [3.05, 3.63) is 70.4 Å². The third-order valence-electron chi connectivity index (χ3n) is 4.27. The van der Waals surface area contributed by atoms with E-state index in [4.69, 9.17) is 9.47 Å². The second-order valence-electron chi connectivity index (χ2n) is 7.88. The number of nitrogens with zero attached hydrogens (tertiary/aromatic N) is 2. The molecule has 1 atom stereocenters. The summed E-state index contributed by atoms with van der Waals surface area (Å²) in [5.74, 6) is -0.609. The Morgan fingerprint density at radius 3 is 2.45 bits per heavy atom. The zero-order chi connectivity index (χ0) is 22.6. The summed E-state index contributed by atoms with van der Waals surface area (Å²) < 4.78 is 10.6. The van der Waals surface area contributed by atoms with Gasteiger partial charge in [0.1, 0.15) is 17.4 Å². The van der Waals surface area contributed by atoms with Gasteiger partial charge in [0.2, 0.25) is 0 Å². The standard InChI is InChI=1S/C22H22N3O6/c1-22(2,3)31-21(27)24-19(12-14-13-23-18-7-5-4-6-17(14)18)20(26)30-16-10-8-15(9-11-16)25(28)29/h4-11,13,19H,12H2,1-3H3,(H,24,27)/t19-/m0/s1. The zero-order valence-corrected chi connectivity index (χ0v) is 17.3. The van der Waals surface area contributed by atoms with Crippen molar-refractivity contribution in [3.8, 4) is 5.75 Å². The highest BCUT2D eigenvalue weighted by molar-refractivity contribution is 5.87. The maximum Gasteiger partial charge on any atom is 0.408 e. The van der Waals surface area contributed by atoms with Crippen LogP contribution in [-0.4, -0.2) is 28.6 Å². The Kier molecular flexibility index (Phi) is 6.24. The van der Waals surface area contributed by atoms with Crippen LogP contribution >= 0.6 is 0 Å². The van der Waals surface area contributed by atoms with Crippen LogP contribution in [0.3, 0.4) is 0 Å². The molecule has 9 heteroatoms. The SMILES string of the molecule is CC(C)(C)OC(=O)N[C@@H](CC1=C[N]c2ccccc21)C(=O)Oc1ccc([N+](=O)[O-])cc1. The number of carbonyl (C=O) groups is 2. The minimum Gasteiger partial charge on any atom is -0.444 e. The quantitative estimate of drug-likeness (QED) is 0.323. The molecule has 0 unspecified atom stereocenters. The van der Waals surface area contributed by atoms with Gasteiger partial charge in [-0.25, -0.2) is 9.59 Å². The average molecular weight is 424 g/mol. The maximum absolute atomic E-state index is 12.8. The van der Waals surface area contributed by atoms with E-state index in [0.29, 0.717) is 0 Å². The molecule has 1 aliphatic heterocycles. The van der Waals surface area contributed by atoms with Gasteiger partial charge in [0.05, 0.1) is 10.6 Å². The first kappa shape index (κ1) is 21.8. The smallest absolute Gasteiger partial charge is 0.408 e. The van der Waals surface area contributed by atoms with E-state index in [2.05, 4.69) is 10.6 Å². The number of alkyl carbamates (subject to hydrolysis) is 1. The van der Waals surface area contributed by atoms with Crippen molar-refractivity contribution in [2.24, 2.45) is 0 Å². The Balaban J connectivity index is 1.77. The highest BCUT2D eigenvalue weighted by atomic mass is 16.6. The van der Waals surface area contributed by atoms with Gasteiger partial charge in [0.25, 0.3) is 5.69 Å². The van der Waals surface area contributed by atoms with Gasteiger partial charge in [-0.1, -0.05) is 18.2 Å². The number of rotatable bonds is 6. The lowest BCUT2D eigenvalue weighted by atomic mass is 10.00. The molecule has 2 aromatic carbocycles. The van der Waals surface area contributed by atoms with Gasteiger partial charge in [0.15, 0.2) is 0 Å². The van der Waals surface area contributed by atoms with E-state index in [1.165, 1.54) is 24.3 Å². The Morgan fingerprint density at radius 2 is 1.81 bits per heavy atom. The van der Waals surface area contributed by atoms with Gasteiger partial charge in [-0.05, 0) is 44.5 Å². The summed E-state index contributed by atoms with van der Waals surface area (Å²) in [6.45, 7) is 5.14. The van der Waals surface area contributed by atoms with Crippen molar-refractivity contribution in [1.82, 2.24) is 10.6 Å². The van der Waals surface area contributed by atoms with E-state index in [-0.39, 0.29) is 17.9 Å². The summed E-state index contributed by atoms with van der Waals surface area (Å²) in [6.07, 6.45) is 1.01. The van der Waals surface area contributed by atoms with E-state index >= 15 is 0 Å². The largest absolute Gasteiger partial charge is 0.444 e. The monoisotopic (exact) mass is 424 g/mol. The fourth-order valence-corrected chi connectivity index (χ4v) is 2.92. The Hall–Kier alpha value is -3.88. The van der Waals surface area contributed by atoms with Crippen LogP contribution in [0.4, 0.5) is 16.2 Å². The van der Waals surface area contributed by atoms with Gasteiger partial charge in [-0.2, -0.15) is 0 Å². The molecule has 0 saturated heterocycles. The van der Waals surface area contributed by atoms with Crippen LogP contribution in [-0.2, 0) is 9.53 Å². The number of hydrogen-bond donors (Lipinski definition) is 1. The highest BCUT2D eigenvalue weighted by Gasteiger charge is 2.29. The Morgan fingerprint density at radius 1 is 1.13 bits per heavy atom. The minimum absolute atomic E-state index is 0.122. The number of hydrogen-bond acceptors (Lipinski definition) is 6. The molecule has 1 N–H and O–H groups in total. The molecule has 0 saturated carbocycles.